The first kappa shape index (κ1) is 7.98. The van der Waals surface area contributed by atoms with Crippen LogP contribution in [0.2, 0.25) is 0 Å². The molecule has 0 saturated carbocycles. The minimum atomic E-state index is 0.266. The van der Waals surface area contributed by atoms with Crippen LogP contribution >= 0.6 is 0 Å². The topological polar surface area (TPSA) is 30.5 Å². The third kappa shape index (κ3) is 2.64. The molecule has 60 valence electrons. The summed E-state index contributed by atoms with van der Waals surface area (Å²) >= 11 is 0. The van der Waals surface area contributed by atoms with E-state index in [1.54, 1.807) is 0 Å². The number of hydrogen-bond acceptors (Lipinski definition) is 3. The van der Waals surface area contributed by atoms with Crippen molar-refractivity contribution in [3.63, 3.8) is 0 Å². The summed E-state index contributed by atoms with van der Waals surface area (Å²) in [6.45, 7) is 6.37. The molecule has 0 aliphatic carbocycles. The van der Waals surface area contributed by atoms with Crippen LogP contribution in [0.25, 0.3) is 0 Å². The van der Waals surface area contributed by atoms with Crippen molar-refractivity contribution >= 4 is 0 Å². The van der Waals surface area contributed by atoms with Crippen molar-refractivity contribution in [2.45, 2.75) is 26.1 Å². The van der Waals surface area contributed by atoms with E-state index in [2.05, 4.69) is 5.32 Å². The van der Waals surface area contributed by atoms with Crippen molar-refractivity contribution in [2.75, 3.05) is 19.9 Å². The van der Waals surface area contributed by atoms with Crippen LogP contribution in [0.4, 0.5) is 0 Å². The zero-order valence-corrected chi connectivity index (χ0v) is 6.59. The fourth-order valence-corrected chi connectivity index (χ4v) is 0.862. The minimum Gasteiger partial charge on any atom is -0.376 e. The van der Waals surface area contributed by atoms with Gasteiger partial charge in [-0.05, 0) is 13.8 Å². The third-order valence-electron chi connectivity index (χ3n) is 1.41. The van der Waals surface area contributed by atoms with E-state index in [1.165, 1.54) is 0 Å². The van der Waals surface area contributed by atoms with E-state index in [0.29, 0.717) is 19.4 Å². The highest BCUT2D eigenvalue weighted by Gasteiger charge is 2.14. The van der Waals surface area contributed by atoms with Crippen LogP contribution in [-0.2, 0) is 9.47 Å². The summed E-state index contributed by atoms with van der Waals surface area (Å²) in [5, 5.41) is 3.09. The molecule has 3 nitrogen and oxygen atoms in total. The molecule has 0 spiro atoms. The van der Waals surface area contributed by atoms with Crippen molar-refractivity contribution < 1.29 is 9.47 Å². The first-order valence-corrected chi connectivity index (χ1v) is 3.73. The minimum absolute atomic E-state index is 0.266. The number of ether oxygens (including phenoxy) is 2. The van der Waals surface area contributed by atoms with Gasteiger partial charge in [0.1, 0.15) is 0 Å². The highest BCUT2D eigenvalue weighted by molar-refractivity contribution is 4.64. The van der Waals surface area contributed by atoms with Crippen LogP contribution in [0.1, 0.15) is 13.8 Å². The Balaban J connectivity index is 2.01. The second kappa shape index (κ2) is 3.91. The summed E-state index contributed by atoms with van der Waals surface area (Å²) in [7, 11) is 0. The highest BCUT2D eigenvalue weighted by Crippen LogP contribution is 1.99. The van der Waals surface area contributed by atoms with E-state index >= 15 is 0 Å². The number of hydrogen-bond donors (Lipinski definition) is 1. The summed E-state index contributed by atoms with van der Waals surface area (Å²) < 4.78 is 10.6. The molecule has 0 amide bonds. The highest BCUT2D eigenvalue weighted by atomic mass is 16.5. The fourth-order valence-electron chi connectivity index (χ4n) is 0.862. The van der Waals surface area contributed by atoms with Gasteiger partial charge in [-0.1, -0.05) is 0 Å². The van der Waals surface area contributed by atoms with Gasteiger partial charge in [-0.15, -0.1) is 0 Å². The van der Waals surface area contributed by atoms with Gasteiger partial charge in [-0.3, -0.25) is 5.32 Å². The Morgan fingerprint density at radius 1 is 1.70 bits per heavy atom. The predicted octanol–water partition coefficient (Wildman–Crippen LogP) is 0.357. The standard InChI is InChI=1S/C7H15NO2/c1-6(2)9-4-7-3-8-5-10-7/h6-8H,3-5H2,1-2H3. The van der Waals surface area contributed by atoms with Gasteiger partial charge in [0.05, 0.1) is 25.5 Å². The Morgan fingerprint density at radius 3 is 3.00 bits per heavy atom. The summed E-state index contributed by atoms with van der Waals surface area (Å²) in [4.78, 5) is 0. The maximum absolute atomic E-state index is 5.36. The van der Waals surface area contributed by atoms with E-state index < -0.39 is 0 Å². The maximum atomic E-state index is 5.36. The molecule has 1 saturated heterocycles. The van der Waals surface area contributed by atoms with Gasteiger partial charge < -0.3 is 9.47 Å². The molecule has 0 aromatic carbocycles. The molecule has 1 N–H and O–H groups in total. The molecule has 1 aliphatic heterocycles. The molecule has 10 heavy (non-hydrogen) atoms. The van der Waals surface area contributed by atoms with Gasteiger partial charge in [-0.25, -0.2) is 0 Å². The average molecular weight is 145 g/mol. The predicted molar refractivity (Wildman–Crippen MR) is 38.8 cm³/mol. The Hall–Kier alpha value is -0.120. The van der Waals surface area contributed by atoms with Crippen molar-refractivity contribution in [1.82, 2.24) is 5.32 Å². The quantitative estimate of drug-likeness (QED) is 0.622. The third-order valence-corrected chi connectivity index (χ3v) is 1.41. The molecule has 1 unspecified atom stereocenters. The van der Waals surface area contributed by atoms with Gasteiger partial charge in [0.15, 0.2) is 0 Å². The van der Waals surface area contributed by atoms with Crippen LogP contribution in [-0.4, -0.2) is 32.1 Å². The first-order valence-electron chi connectivity index (χ1n) is 3.73. The lowest BCUT2D eigenvalue weighted by molar-refractivity contribution is -0.00421. The van der Waals surface area contributed by atoms with Crippen molar-refractivity contribution in [1.29, 1.82) is 0 Å². The molecule has 1 rings (SSSR count). The van der Waals surface area contributed by atoms with Crippen molar-refractivity contribution in [3.8, 4) is 0 Å². The monoisotopic (exact) mass is 145 g/mol. The Labute approximate surface area is 61.7 Å². The largest absolute Gasteiger partial charge is 0.376 e. The Kier molecular flexibility index (Phi) is 3.12. The lowest BCUT2D eigenvalue weighted by Crippen LogP contribution is -2.22. The molecule has 0 aromatic heterocycles. The van der Waals surface area contributed by atoms with Crippen molar-refractivity contribution in [2.24, 2.45) is 0 Å². The summed E-state index contributed by atoms with van der Waals surface area (Å²) in [6, 6.07) is 0. The Morgan fingerprint density at radius 2 is 2.50 bits per heavy atom. The van der Waals surface area contributed by atoms with Crippen LogP contribution in [0.3, 0.4) is 0 Å². The van der Waals surface area contributed by atoms with Gasteiger partial charge in [0.25, 0.3) is 0 Å². The SMILES string of the molecule is CC(C)OCC1CNCO1. The molecular weight excluding hydrogens is 130 g/mol. The Bertz CT molecular complexity index is 89.6. The summed E-state index contributed by atoms with van der Waals surface area (Å²) in [6.07, 6.45) is 0.576. The molecule has 3 heteroatoms. The number of nitrogens with one attached hydrogen (secondary N) is 1. The smallest absolute Gasteiger partial charge is 0.0971 e. The van der Waals surface area contributed by atoms with Crippen LogP contribution < -0.4 is 5.32 Å². The lowest BCUT2D eigenvalue weighted by Gasteiger charge is -2.11. The number of rotatable bonds is 3. The van der Waals surface area contributed by atoms with E-state index in [0.717, 1.165) is 6.54 Å². The van der Waals surface area contributed by atoms with Gasteiger partial charge in [-0.2, -0.15) is 0 Å². The van der Waals surface area contributed by atoms with Gasteiger partial charge in [0.2, 0.25) is 0 Å². The molecule has 1 atom stereocenters. The second-order valence-electron chi connectivity index (χ2n) is 2.77. The first-order chi connectivity index (χ1) is 4.79. The summed E-state index contributed by atoms with van der Waals surface area (Å²) in [5.74, 6) is 0. The fraction of sp³-hybridized carbons (Fsp3) is 1.00. The zero-order valence-electron chi connectivity index (χ0n) is 6.59. The van der Waals surface area contributed by atoms with Crippen LogP contribution in [0.5, 0.6) is 0 Å². The molecule has 1 fully saturated rings. The van der Waals surface area contributed by atoms with Crippen LogP contribution in [0.15, 0.2) is 0 Å². The molecule has 0 bridgehead atoms. The molecule has 1 heterocycles. The van der Waals surface area contributed by atoms with Gasteiger partial charge >= 0.3 is 0 Å². The average Bonchev–Trinajstić information content (AvgIpc) is 2.34. The van der Waals surface area contributed by atoms with E-state index in [9.17, 15) is 0 Å². The lowest BCUT2D eigenvalue weighted by atomic mass is 10.4. The maximum Gasteiger partial charge on any atom is 0.0971 e. The van der Waals surface area contributed by atoms with E-state index in [4.69, 9.17) is 9.47 Å². The van der Waals surface area contributed by atoms with Crippen LogP contribution in [0, 0.1) is 0 Å². The molecule has 1 aliphatic rings. The summed E-state index contributed by atoms with van der Waals surface area (Å²) in [5.41, 5.74) is 0. The molecular formula is C7H15NO2. The van der Waals surface area contributed by atoms with Crippen molar-refractivity contribution in [3.05, 3.63) is 0 Å². The normalized spacial score (nSPS) is 26.1. The zero-order chi connectivity index (χ0) is 7.40. The molecule has 0 radical (unpaired) electrons. The van der Waals surface area contributed by atoms with Gasteiger partial charge in [0, 0.05) is 6.54 Å². The van der Waals surface area contributed by atoms with E-state index in [-0.39, 0.29) is 6.10 Å². The molecule has 0 aromatic rings. The van der Waals surface area contributed by atoms with E-state index in [1.807, 2.05) is 13.8 Å². The second-order valence-corrected chi connectivity index (χ2v) is 2.77.